The van der Waals surface area contributed by atoms with Gasteiger partial charge in [0.05, 0.1) is 24.8 Å². The second kappa shape index (κ2) is 7.89. The molecule has 7 heteroatoms. The quantitative estimate of drug-likeness (QED) is 0.667. The molecule has 0 spiro atoms. The van der Waals surface area contributed by atoms with Crippen molar-refractivity contribution in [3.8, 4) is 5.88 Å². The Labute approximate surface area is 175 Å². The summed E-state index contributed by atoms with van der Waals surface area (Å²) >= 11 is 0. The van der Waals surface area contributed by atoms with E-state index in [2.05, 4.69) is 33.3 Å². The summed E-state index contributed by atoms with van der Waals surface area (Å²) in [5, 5.41) is 9.47. The molecule has 2 aliphatic heterocycles. The van der Waals surface area contributed by atoms with Gasteiger partial charge in [-0.1, -0.05) is 18.2 Å². The van der Waals surface area contributed by atoms with Crippen molar-refractivity contribution in [2.75, 3.05) is 31.1 Å². The van der Waals surface area contributed by atoms with Crippen molar-refractivity contribution in [1.29, 1.82) is 0 Å². The fourth-order valence-corrected chi connectivity index (χ4v) is 4.33. The fourth-order valence-electron chi connectivity index (χ4n) is 4.33. The predicted octanol–water partition coefficient (Wildman–Crippen LogP) is 3.02. The first kappa shape index (κ1) is 18.8. The molecule has 0 radical (unpaired) electrons. The molecule has 30 heavy (non-hydrogen) atoms. The van der Waals surface area contributed by atoms with Crippen LogP contribution in [0.25, 0.3) is 10.9 Å². The summed E-state index contributed by atoms with van der Waals surface area (Å²) < 4.78 is 6.22. The van der Waals surface area contributed by atoms with Gasteiger partial charge in [-0.25, -0.2) is 4.98 Å². The number of amides is 1. The molecule has 2 fully saturated rings. The molecule has 1 amide bonds. The first-order valence-corrected chi connectivity index (χ1v) is 10.5. The van der Waals surface area contributed by atoms with E-state index in [1.165, 1.54) is 0 Å². The molecular weight excluding hydrogens is 378 g/mol. The Hall–Kier alpha value is -3.22. The van der Waals surface area contributed by atoms with Crippen LogP contribution in [0.15, 0.2) is 48.7 Å². The molecule has 0 saturated carbocycles. The molecule has 0 aliphatic carbocycles. The highest BCUT2D eigenvalue weighted by molar-refractivity contribution is 5.80. The second-order valence-electron chi connectivity index (χ2n) is 8.08. The summed E-state index contributed by atoms with van der Waals surface area (Å²) in [7, 11) is 0. The van der Waals surface area contributed by atoms with Crippen LogP contribution in [0.5, 0.6) is 5.88 Å². The van der Waals surface area contributed by atoms with E-state index in [9.17, 15) is 4.79 Å². The van der Waals surface area contributed by atoms with Gasteiger partial charge in [0.1, 0.15) is 11.9 Å². The first-order valence-electron chi connectivity index (χ1n) is 10.5. The summed E-state index contributed by atoms with van der Waals surface area (Å²) in [4.78, 5) is 20.5. The molecule has 5 rings (SSSR count). The molecule has 1 aromatic carbocycles. The number of pyridine rings is 1. The van der Waals surface area contributed by atoms with Gasteiger partial charge in [0.15, 0.2) is 0 Å². The van der Waals surface area contributed by atoms with Gasteiger partial charge in [0.2, 0.25) is 11.8 Å². The maximum absolute atomic E-state index is 11.6. The highest BCUT2D eigenvalue weighted by Gasteiger charge is 2.32. The Morgan fingerprint density at radius 2 is 1.87 bits per heavy atom. The van der Waals surface area contributed by atoms with Gasteiger partial charge < -0.3 is 14.5 Å². The van der Waals surface area contributed by atoms with Gasteiger partial charge >= 0.3 is 0 Å². The summed E-state index contributed by atoms with van der Waals surface area (Å²) in [6, 6.07) is 14.3. The number of benzene rings is 1. The van der Waals surface area contributed by atoms with E-state index in [0.29, 0.717) is 11.8 Å². The van der Waals surface area contributed by atoms with Crippen LogP contribution >= 0.6 is 0 Å². The Bertz CT molecular complexity index is 1060. The van der Waals surface area contributed by atoms with Crippen LogP contribution < -0.4 is 9.64 Å². The third kappa shape index (κ3) is 3.67. The number of para-hydroxylation sites is 1. The molecule has 4 heterocycles. The molecular formula is C23H25N5O2. The summed E-state index contributed by atoms with van der Waals surface area (Å²) in [6.45, 7) is 4.77. The van der Waals surface area contributed by atoms with Gasteiger partial charge in [0.25, 0.3) is 0 Å². The van der Waals surface area contributed by atoms with E-state index in [1.54, 1.807) is 13.1 Å². The molecule has 0 unspecified atom stereocenters. The lowest BCUT2D eigenvalue weighted by atomic mass is 9.90. The van der Waals surface area contributed by atoms with E-state index in [4.69, 9.17) is 9.72 Å². The molecule has 3 aromatic rings. The Balaban J connectivity index is 1.23. The predicted molar refractivity (Wildman–Crippen MR) is 115 cm³/mol. The van der Waals surface area contributed by atoms with E-state index >= 15 is 0 Å². The highest BCUT2D eigenvalue weighted by Crippen LogP contribution is 2.34. The number of rotatable bonds is 4. The van der Waals surface area contributed by atoms with Crippen molar-refractivity contribution in [3.63, 3.8) is 0 Å². The van der Waals surface area contributed by atoms with Crippen molar-refractivity contribution < 1.29 is 9.53 Å². The number of hydrogen-bond acceptors (Lipinski definition) is 6. The average molecular weight is 403 g/mol. The lowest BCUT2D eigenvalue weighted by Gasteiger charge is -2.40. The normalized spacial score (nSPS) is 17.8. The SMILES string of the molecule is CC(=O)N1CCC(c2ccnnc2OC2CN(c3ccc4ccccc4n3)C2)CC1. The van der Waals surface area contributed by atoms with Gasteiger partial charge in [-0.15, -0.1) is 5.10 Å². The van der Waals surface area contributed by atoms with Crippen molar-refractivity contribution in [2.45, 2.75) is 31.8 Å². The zero-order chi connectivity index (χ0) is 20.5. The van der Waals surface area contributed by atoms with Crippen LogP contribution in [-0.4, -0.2) is 58.3 Å². The maximum atomic E-state index is 11.6. The Kier molecular flexibility index (Phi) is 4.94. The van der Waals surface area contributed by atoms with Gasteiger partial charge in [-0.2, -0.15) is 5.10 Å². The number of fused-ring (bicyclic) bond motifs is 1. The number of nitrogens with zero attached hydrogens (tertiary/aromatic N) is 5. The zero-order valence-electron chi connectivity index (χ0n) is 17.1. The first-order chi connectivity index (χ1) is 14.7. The summed E-state index contributed by atoms with van der Waals surface area (Å²) in [6.07, 6.45) is 3.66. The maximum Gasteiger partial charge on any atom is 0.237 e. The van der Waals surface area contributed by atoms with Gasteiger partial charge in [0, 0.05) is 31.0 Å². The van der Waals surface area contributed by atoms with Gasteiger partial charge in [-0.05, 0) is 43.0 Å². The molecule has 0 atom stereocenters. The molecule has 2 aliphatic rings. The lowest BCUT2D eigenvalue weighted by Crippen LogP contribution is -2.54. The fraction of sp³-hybridized carbons (Fsp3) is 0.391. The number of carbonyl (C=O) groups is 1. The number of carbonyl (C=O) groups excluding carboxylic acids is 1. The summed E-state index contributed by atoms with van der Waals surface area (Å²) in [5.74, 6) is 2.11. The van der Waals surface area contributed by atoms with Gasteiger partial charge in [-0.3, -0.25) is 4.79 Å². The molecule has 0 bridgehead atoms. The Morgan fingerprint density at radius 1 is 1.07 bits per heavy atom. The molecule has 154 valence electrons. The van der Waals surface area contributed by atoms with Crippen molar-refractivity contribution >= 4 is 22.6 Å². The number of ether oxygens (including phenoxy) is 1. The van der Waals surface area contributed by atoms with Crippen molar-refractivity contribution in [1.82, 2.24) is 20.1 Å². The van der Waals surface area contributed by atoms with Crippen LogP contribution in [0.4, 0.5) is 5.82 Å². The molecule has 7 nitrogen and oxygen atoms in total. The average Bonchev–Trinajstić information content (AvgIpc) is 2.76. The Morgan fingerprint density at radius 3 is 2.67 bits per heavy atom. The number of hydrogen-bond donors (Lipinski definition) is 0. The van der Waals surface area contributed by atoms with E-state index in [1.807, 2.05) is 29.2 Å². The van der Waals surface area contributed by atoms with Crippen LogP contribution in [0.2, 0.25) is 0 Å². The minimum absolute atomic E-state index is 0.0750. The minimum atomic E-state index is 0.0750. The minimum Gasteiger partial charge on any atom is -0.469 e. The number of aromatic nitrogens is 3. The van der Waals surface area contributed by atoms with Crippen molar-refractivity contribution in [2.24, 2.45) is 0 Å². The third-order valence-corrected chi connectivity index (χ3v) is 6.13. The van der Waals surface area contributed by atoms with Crippen LogP contribution in [0.1, 0.15) is 31.2 Å². The van der Waals surface area contributed by atoms with Crippen LogP contribution in [0, 0.1) is 0 Å². The topological polar surface area (TPSA) is 71.5 Å². The van der Waals surface area contributed by atoms with E-state index < -0.39 is 0 Å². The van der Waals surface area contributed by atoms with E-state index in [-0.39, 0.29) is 12.0 Å². The largest absolute Gasteiger partial charge is 0.469 e. The van der Waals surface area contributed by atoms with Crippen LogP contribution in [-0.2, 0) is 4.79 Å². The monoisotopic (exact) mass is 403 g/mol. The second-order valence-corrected chi connectivity index (χ2v) is 8.08. The number of piperidine rings is 1. The van der Waals surface area contributed by atoms with Crippen LogP contribution in [0.3, 0.4) is 0 Å². The molecule has 2 saturated heterocycles. The smallest absolute Gasteiger partial charge is 0.237 e. The molecule has 2 aromatic heterocycles. The lowest BCUT2D eigenvalue weighted by molar-refractivity contribution is -0.129. The number of likely N-dealkylation sites (tertiary alicyclic amines) is 1. The highest BCUT2D eigenvalue weighted by atomic mass is 16.5. The summed E-state index contributed by atoms with van der Waals surface area (Å²) in [5.41, 5.74) is 2.11. The zero-order valence-corrected chi connectivity index (χ0v) is 17.1. The standard InChI is InChI=1S/C23H25N5O2/c1-16(29)27-12-9-17(10-13-27)20-8-11-24-26-23(20)30-19-14-28(15-19)22-7-6-18-4-2-3-5-21(18)25-22/h2-8,11,17,19H,9-10,12-15H2,1H3. The number of anilines is 1. The van der Waals surface area contributed by atoms with Crippen molar-refractivity contribution in [3.05, 3.63) is 54.2 Å². The van der Waals surface area contributed by atoms with E-state index in [0.717, 1.165) is 61.3 Å². The third-order valence-electron chi connectivity index (χ3n) is 6.13. The molecule has 0 N–H and O–H groups in total.